The molecule has 10 heteroatoms. The number of sulfonamides is 1. The van der Waals surface area contributed by atoms with Gasteiger partial charge in [0.05, 0.1) is 19.9 Å². The number of nitrogens with zero attached hydrogens (tertiary/aromatic N) is 1. The maximum absolute atomic E-state index is 12.5. The molecule has 3 aromatic carbocycles. The van der Waals surface area contributed by atoms with Crippen molar-refractivity contribution in [2.45, 2.75) is 17.7 Å². The van der Waals surface area contributed by atoms with E-state index in [0.29, 0.717) is 16.8 Å². The van der Waals surface area contributed by atoms with Gasteiger partial charge in [-0.2, -0.15) is 0 Å². The number of hydrogen-bond donors (Lipinski definition) is 1. The molecule has 0 spiro atoms. The molecule has 0 heterocycles. The molecule has 0 aliphatic heterocycles. The van der Waals surface area contributed by atoms with Crippen LogP contribution in [0.2, 0.25) is 10.0 Å². The zero-order chi connectivity index (χ0) is 22.6. The van der Waals surface area contributed by atoms with Crippen molar-refractivity contribution >= 4 is 50.4 Å². The fourth-order valence-electron chi connectivity index (χ4n) is 2.80. The van der Waals surface area contributed by atoms with Crippen molar-refractivity contribution in [1.82, 2.24) is 0 Å². The number of non-ortho nitro benzene ring substituents is 1. The number of halogens is 2. The number of nitro benzene ring substituents is 1. The minimum absolute atomic E-state index is 0.0238. The zero-order valence-corrected chi connectivity index (χ0v) is 18.2. The molecule has 0 radical (unpaired) electrons. The second kappa shape index (κ2) is 9.47. The van der Waals surface area contributed by atoms with Crippen LogP contribution in [0, 0.1) is 10.1 Å². The lowest BCUT2D eigenvalue weighted by molar-refractivity contribution is -0.384. The molecule has 0 fully saturated rings. The SMILES string of the molecule is O=C(Cc1ccc(NS(=O)(=O)c2ccc(Cl)c(Cl)c2)cc1)Cc1ccc([N+](=O)[O-])cc1. The molecule has 7 nitrogen and oxygen atoms in total. The van der Waals surface area contributed by atoms with Gasteiger partial charge >= 0.3 is 0 Å². The smallest absolute Gasteiger partial charge is 0.269 e. The Labute approximate surface area is 188 Å². The topological polar surface area (TPSA) is 106 Å². The number of Topliss-reactive ketones (excluding diaryl/α,β-unsaturated/α-hetero) is 1. The molecule has 0 saturated heterocycles. The van der Waals surface area contributed by atoms with Crippen LogP contribution in [0.3, 0.4) is 0 Å². The molecule has 0 amide bonds. The fraction of sp³-hybridized carbons (Fsp3) is 0.0952. The Morgan fingerprint density at radius 2 is 1.42 bits per heavy atom. The lowest BCUT2D eigenvalue weighted by atomic mass is 10.0. The van der Waals surface area contributed by atoms with Gasteiger partial charge in [0.15, 0.2) is 0 Å². The third-order valence-electron chi connectivity index (χ3n) is 4.36. The molecule has 3 aromatic rings. The van der Waals surface area contributed by atoms with Crippen molar-refractivity contribution in [2.24, 2.45) is 0 Å². The molecule has 0 aromatic heterocycles. The van der Waals surface area contributed by atoms with Gasteiger partial charge in [-0.05, 0) is 41.5 Å². The van der Waals surface area contributed by atoms with Gasteiger partial charge in [0.1, 0.15) is 5.78 Å². The predicted molar refractivity (Wildman–Crippen MR) is 119 cm³/mol. The standard InChI is InChI=1S/C21H16Cl2N2O5S/c22-20-10-9-19(13-21(20)23)31(29,30)24-16-5-1-14(2-6-16)11-18(26)12-15-3-7-17(8-4-15)25(27)28/h1-10,13,24H,11-12H2. The maximum atomic E-state index is 12.5. The van der Waals surface area contributed by atoms with Gasteiger partial charge < -0.3 is 0 Å². The van der Waals surface area contributed by atoms with Crippen LogP contribution >= 0.6 is 23.2 Å². The molecule has 0 atom stereocenters. The number of carbonyl (C=O) groups excluding carboxylic acids is 1. The van der Waals surface area contributed by atoms with E-state index in [2.05, 4.69) is 4.72 Å². The highest BCUT2D eigenvalue weighted by atomic mass is 35.5. The molecule has 1 N–H and O–H groups in total. The van der Waals surface area contributed by atoms with Gasteiger partial charge in [-0.3, -0.25) is 19.6 Å². The first-order valence-corrected chi connectivity index (χ1v) is 11.2. The van der Waals surface area contributed by atoms with E-state index in [9.17, 15) is 23.3 Å². The van der Waals surface area contributed by atoms with E-state index in [4.69, 9.17) is 23.2 Å². The van der Waals surface area contributed by atoms with Crippen molar-refractivity contribution in [1.29, 1.82) is 0 Å². The number of hydrogen-bond acceptors (Lipinski definition) is 5. The number of nitrogens with one attached hydrogen (secondary N) is 1. The summed E-state index contributed by atoms with van der Waals surface area (Å²) in [7, 11) is -3.85. The summed E-state index contributed by atoms with van der Waals surface area (Å²) in [6, 6.07) is 16.3. The van der Waals surface area contributed by atoms with Gasteiger partial charge in [0, 0.05) is 30.7 Å². The van der Waals surface area contributed by atoms with E-state index in [1.807, 2.05) is 0 Å². The van der Waals surface area contributed by atoms with Gasteiger partial charge in [0.2, 0.25) is 0 Å². The van der Waals surface area contributed by atoms with Crippen LogP contribution in [-0.4, -0.2) is 19.1 Å². The Morgan fingerprint density at radius 3 is 1.94 bits per heavy atom. The lowest BCUT2D eigenvalue weighted by Gasteiger charge is -2.10. The summed E-state index contributed by atoms with van der Waals surface area (Å²) in [6.07, 6.45) is 0.292. The second-order valence-corrected chi connectivity index (χ2v) is 9.19. The summed E-state index contributed by atoms with van der Waals surface area (Å²) in [5, 5.41) is 11.1. The molecular weight excluding hydrogens is 463 g/mol. The Kier molecular flexibility index (Phi) is 6.94. The third kappa shape index (κ3) is 6.04. The van der Waals surface area contributed by atoms with Crippen molar-refractivity contribution < 1.29 is 18.1 Å². The highest BCUT2D eigenvalue weighted by Crippen LogP contribution is 2.26. The minimum atomic E-state index is -3.85. The molecular formula is C21H16Cl2N2O5S. The predicted octanol–water partition coefficient (Wildman–Crippen LogP) is 5.06. The van der Waals surface area contributed by atoms with Crippen LogP contribution in [0.15, 0.2) is 71.6 Å². The highest BCUT2D eigenvalue weighted by molar-refractivity contribution is 7.92. The molecule has 0 aliphatic rings. The number of benzene rings is 3. The largest absolute Gasteiger partial charge is 0.299 e. The number of anilines is 1. The third-order valence-corrected chi connectivity index (χ3v) is 6.48. The van der Waals surface area contributed by atoms with Crippen molar-refractivity contribution in [2.75, 3.05) is 4.72 Å². The molecule has 0 aliphatic carbocycles. The molecule has 160 valence electrons. The summed E-state index contributed by atoms with van der Waals surface area (Å²) in [4.78, 5) is 22.5. The van der Waals surface area contributed by atoms with Gasteiger partial charge in [-0.15, -0.1) is 0 Å². The van der Waals surface area contributed by atoms with Crippen LogP contribution in [0.25, 0.3) is 0 Å². The number of nitro groups is 1. The zero-order valence-electron chi connectivity index (χ0n) is 15.9. The van der Waals surface area contributed by atoms with E-state index in [-0.39, 0.29) is 39.3 Å². The first-order valence-electron chi connectivity index (χ1n) is 8.96. The fourth-order valence-corrected chi connectivity index (χ4v) is 4.25. The molecule has 3 rings (SSSR count). The highest BCUT2D eigenvalue weighted by Gasteiger charge is 2.16. The monoisotopic (exact) mass is 478 g/mol. The Hall–Kier alpha value is -2.94. The van der Waals surface area contributed by atoms with Crippen LogP contribution in [0.5, 0.6) is 0 Å². The molecule has 0 unspecified atom stereocenters. The molecule has 0 saturated carbocycles. The average Bonchev–Trinajstić information content (AvgIpc) is 2.71. The van der Waals surface area contributed by atoms with Crippen molar-refractivity contribution in [3.63, 3.8) is 0 Å². The summed E-state index contributed by atoms with van der Waals surface area (Å²) < 4.78 is 27.4. The summed E-state index contributed by atoms with van der Waals surface area (Å²) in [5.41, 5.74) is 1.69. The van der Waals surface area contributed by atoms with Crippen LogP contribution in [0.4, 0.5) is 11.4 Å². The second-order valence-electron chi connectivity index (χ2n) is 6.69. The van der Waals surface area contributed by atoms with E-state index < -0.39 is 14.9 Å². The Balaban J connectivity index is 1.62. The van der Waals surface area contributed by atoms with Crippen LogP contribution < -0.4 is 4.72 Å². The van der Waals surface area contributed by atoms with Crippen molar-refractivity contribution in [3.8, 4) is 0 Å². The normalized spacial score (nSPS) is 11.2. The first-order chi connectivity index (χ1) is 14.6. The minimum Gasteiger partial charge on any atom is -0.299 e. The van der Waals surface area contributed by atoms with Gasteiger partial charge in [-0.25, -0.2) is 8.42 Å². The summed E-state index contributed by atoms with van der Waals surface area (Å²) in [6.45, 7) is 0. The molecule has 0 bridgehead atoms. The van der Waals surface area contributed by atoms with Gasteiger partial charge in [-0.1, -0.05) is 47.5 Å². The summed E-state index contributed by atoms with van der Waals surface area (Å²) in [5.74, 6) is -0.0713. The van der Waals surface area contributed by atoms with Crippen LogP contribution in [-0.2, 0) is 27.7 Å². The van der Waals surface area contributed by atoms with E-state index >= 15 is 0 Å². The quantitative estimate of drug-likeness (QED) is 0.359. The maximum Gasteiger partial charge on any atom is 0.269 e. The van der Waals surface area contributed by atoms with Crippen molar-refractivity contribution in [3.05, 3.63) is 98.0 Å². The lowest BCUT2D eigenvalue weighted by Crippen LogP contribution is -2.13. The Bertz CT molecular complexity index is 1230. The summed E-state index contributed by atoms with van der Waals surface area (Å²) >= 11 is 11.7. The number of ketones is 1. The van der Waals surface area contributed by atoms with E-state index in [1.54, 1.807) is 36.4 Å². The number of carbonyl (C=O) groups is 1. The number of rotatable bonds is 8. The van der Waals surface area contributed by atoms with Crippen LogP contribution in [0.1, 0.15) is 11.1 Å². The molecule has 31 heavy (non-hydrogen) atoms. The van der Waals surface area contributed by atoms with E-state index in [1.165, 1.54) is 30.3 Å². The average molecular weight is 479 g/mol. The van der Waals surface area contributed by atoms with E-state index in [0.717, 1.165) is 0 Å². The first kappa shape index (κ1) is 22.7. The Morgan fingerprint density at radius 1 is 0.871 bits per heavy atom. The van der Waals surface area contributed by atoms with Gasteiger partial charge in [0.25, 0.3) is 15.7 Å².